The molecule has 4 nitrogen and oxygen atoms in total. The Hall–Kier alpha value is -1.52. The van der Waals surface area contributed by atoms with Gasteiger partial charge in [0.2, 0.25) is 0 Å². The van der Waals surface area contributed by atoms with Crippen LogP contribution >= 0.6 is 0 Å². The largest absolute Gasteiger partial charge is 0.469 e. The highest BCUT2D eigenvalue weighted by Gasteiger charge is 2.08. The summed E-state index contributed by atoms with van der Waals surface area (Å²) in [5.74, 6) is 0.564. The average molecular weight is 218 g/mol. The van der Waals surface area contributed by atoms with E-state index < -0.39 is 0 Å². The lowest BCUT2D eigenvalue weighted by Gasteiger charge is -2.21. The first-order valence-electron chi connectivity index (χ1n) is 5.21. The van der Waals surface area contributed by atoms with Crippen molar-refractivity contribution < 1.29 is 9.53 Å². The van der Waals surface area contributed by atoms with E-state index in [1.165, 1.54) is 7.11 Å². The molecule has 0 spiro atoms. The van der Waals surface area contributed by atoms with Crippen molar-refractivity contribution in [1.29, 1.82) is 0 Å². The Morgan fingerprint density at radius 2 is 2.31 bits per heavy atom. The van der Waals surface area contributed by atoms with Crippen molar-refractivity contribution in [3.63, 3.8) is 0 Å². The van der Waals surface area contributed by atoms with Crippen LogP contribution in [0.2, 0.25) is 0 Å². The highest BCUT2D eigenvalue weighted by Crippen LogP contribution is 2.08. The number of methoxy groups -OCH3 is 1. The molecule has 1 aromatic rings. The molecule has 0 saturated carbocycles. The second kappa shape index (κ2) is 6.15. The lowest BCUT2D eigenvalue weighted by atomic mass is 10.0. The summed E-state index contributed by atoms with van der Waals surface area (Å²) in [4.78, 5) is 17.2. The van der Waals surface area contributed by atoms with E-state index in [1.807, 2.05) is 24.0 Å². The number of carbonyl (C=O) groups is 1. The zero-order valence-electron chi connectivity index (χ0n) is 9.64. The zero-order chi connectivity index (χ0) is 12.0. The van der Waals surface area contributed by atoms with Crippen LogP contribution in [0.15, 0.2) is 18.2 Å². The van der Waals surface area contributed by atoms with Crippen LogP contribution in [-0.2, 0) is 9.53 Å². The lowest BCUT2D eigenvalue weighted by molar-refractivity contribution is -0.140. The maximum absolute atomic E-state index is 11.0. The molecule has 16 heavy (non-hydrogen) atoms. The quantitative estimate of drug-likeness (QED) is 0.525. The first-order chi connectivity index (χ1) is 7.67. The van der Waals surface area contributed by atoms with Gasteiger partial charge in [-0.25, -0.2) is 4.98 Å². The van der Waals surface area contributed by atoms with E-state index in [-0.39, 0.29) is 5.97 Å². The Labute approximate surface area is 97.0 Å². The van der Waals surface area contributed by atoms with Crippen LogP contribution in [0.1, 0.15) is 13.3 Å². The van der Waals surface area contributed by atoms with E-state index in [0.717, 1.165) is 12.4 Å². The molecule has 1 rings (SSSR count). The van der Waals surface area contributed by atoms with Crippen LogP contribution in [-0.4, -0.2) is 39.0 Å². The number of ether oxygens (including phenoxy) is 1. The number of nitrogens with zero attached hydrogens (tertiary/aromatic N) is 2. The first kappa shape index (κ1) is 12.6. The van der Waals surface area contributed by atoms with Crippen LogP contribution < -0.4 is 10.5 Å². The molecule has 0 aromatic carbocycles. The van der Waals surface area contributed by atoms with Gasteiger partial charge >= 0.3 is 5.97 Å². The second-order valence-corrected chi connectivity index (χ2v) is 3.33. The van der Waals surface area contributed by atoms with Crippen LogP contribution in [0.4, 0.5) is 5.82 Å². The minimum atomic E-state index is -0.220. The topological polar surface area (TPSA) is 42.4 Å². The summed E-state index contributed by atoms with van der Waals surface area (Å²) in [6.45, 7) is 3.36. The van der Waals surface area contributed by atoms with Crippen molar-refractivity contribution in [3.05, 3.63) is 18.2 Å². The Bertz CT molecular complexity index is 358. The van der Waals surface area contributed by atoms with Crippen molar-refractivity contribution in [2.24, 2.45) is 0 Å². The molecule has 0 amide bonds. The third kappa shape index (κ3) is 3.57. The van der Waals surface area contributed by atoms with Gasteiger partial charge in [0.05, 0.1) is 13.5 Å². The van der Waals surface area contributed by atoms with Crippen molar-refractivity contribution in [1.82, 2.24) is 4.98 Å². The van der Waals surface area contributed by atoms with Gasteiger partial charge in [0.25, 0.3) is 0 Å². The van der Waals surface area contributed by atoms with E-state index >= 15 is 0 Å². The molecular weight excluding hydrogens is 203 g/mol. The summed E-state index contributed by atoms with van der Waals surface area (Å²) >= 11 is 0. The smallest absolute Gasteiger partial charge is 0.307 e. The van der Waals surface area contributed by atoms with Gasteiger partial charge in [-0.3, -0.25) is 4.79 Å². The SMILES string of the molecule is [B]c1cccc(N(CC)CCC(=O)OC)n1. The summed E-state index contributed by atoms with van der Waals surface area (Å²) in [7, 11) is 6.99. The summed E-state index contributed by atoms with van der Waals surface area (Å²) < 4.78 is 4.59. The molecule has 0 fully saturated rings. The molecule has 0 aliphatic rings. The second-order valence-electron chi connectivity index (χ2n) is 3.33. The third-order valence-electron chi connectivity index (χ3n) is 2.28. The summed E-state index contributed by atoms with van der Waals surface area (Å²) in [6, 6.07) is 5.45. The minimum Gasteiger partial charge on any atom is -0.469 e. The highest BCUT2D eigenvalue weighted by atomic mass is 16.5. The normalized spacial score (nSPS) is 9.88. The molecule has 0 N–H and O–H groups in total. The molecule has 0 atom stereocenters. The number of hydrogen-bond donors (Lipinski definition) is 0. The molecule has 1 heterocycles. The van der Waals surface area contributed by atoms with Crippen molar-refractivity contribution in [3.8, 4) is 0 Å². The average Bonchev–Trinajstić information content (AvgIpc) is 2.29. The molecular formula is C11H15BN2O2. The van der Waals surface area contributed by atoms with Crippen molar-refractivity contribution >= 4 is 25.2 Å². The molecule has 0 bridgehead atoms. The van der Waals surface area contributed by atoms with E-state index in [4.69, 9.17) is 7.85 Å². The van der Waals surface area contributed by atoms with Gasteiger partial charge in [0.15, 0.2) is 0 Å². The molecule has 0 unspecified atom stereocenters. The molecule has 5 heteroatoms. The van der Waals surface area contributed by atoms with E-state index in [9.17, 15) is 4.79 Å². The number of aromatic nitrogens is 1. The molecule has 0 saturated heterocycles. The number of rotatable bonds is 5. The van der Waals surface area contributed by atoms with Crippen molar-refractivity contribution in [2.75, 3.05) is 25.1 Å². The standard InChI is InChI=1S/C11H15BN2O2/c1-3-14(8-7-11(15)16-2)10-6-4-5-9(12)13-10/h4-6H,3,7-8H2,1-2H3. The van der Waals surface area contributed by atoms with Gasteiger partial charge in [-0.15, -0.1) is 0 Å². The Morgan fingerprint density at radius 3 is 2.88 bits per heavy atom. The minimum absolute atomic E-state index is 0.220. The Kier molecular flexibility index (Phi) is 4.83. The van der Waals surface area contributed by atoms with Gasteiger partial charge in [-0.05, 0) is 18.6 Å². The number of hydrogen-bond acceptors (Lipinski definition) is 4. The molecule has 0 aliphatic carbocycles. The summed E-state index contributed by atoms with van der Waals surface area (Å²) in [5, 5.41) is 0. The summed E-state index contributed by atoms with van der Waals surface area (Å²) in [5.41, 5.74) is 0.481. The van der Waals surface area contributed by atoms with Crippen LogP contribution in [0, 0.1) is 0 Å². The zero-order valence-corrected chi connectivity index (χ0v) is 9.64. The third-order valence-corrected chi connectivity index (χ3v) is 2.28. The highest BCUT2D eigenvalue weighted by molar-refractivity contribution is 6.30. The fourth-order valence-corrected chi connectivity index (χ4v) is 1.38. The van der Waals surface area contributed by atoms with Gasteiger partial charge < -0.3 is 9.64 Å². The van der Waals surface area contributed by atoms with E-state index in [1.54, 1.807) is 6.07 Å². The number of carbonyl (C=O) groups excluding carboxylic acids is 1. The molecule has 1 aromatic heterocycles. The summed E-state index contributed by atoms with van der Waals surface area (Å²) in [6.07, 6.45) is 0.348. The maximum Gasteiger partial charge on any atom is 0.307 e. The number of esters is 1. The Morgan fingerprint density at radius 1 is 1.56 bits per heavy atom. The van der Waals surface area contributed by atoms with Gasteiger partial charge in [-0.1, -0.05) is 12.1 Å². The first-order valence-corrected chi connectivity index (χ1v) is 5.21. The maximum atomic E-state index is 11.0. The van der Waals surface area contributed by atoms with Crippen LogP contribution in [0.25, 0.3) is 0 Å². The fraction of sp³-hybridized carbons (Fsp3) is 0.455. The number of pyridine rings is 1. The molecule has 0 aliphatic heterocycles. The van der Waals surface area contributed by atoms with Crippen molar-refractivity contribution in [2.45, 2.75) is 13.3 Å². The van der Waals surface area contributed by atoms with E-state index in [2.05, 4.69) is 9.72 Å². The predicted molar refractivity (Wildman–Crippen MR) is 64.1 cm³/mol. The Balaban J connectivity index is 2.64. The molecule has 84 valence electrons. The van der Waals surface area contributed by atoms with Gasteiger partial charge in [-0.2, -0.15) is 0 Å². The van der Waals surface area contributed by atoms with Gasteiger partial charge in [0.1, 0.15) is 13.7 Å². The lowest BCUT2D eigenvalue weighted by Crippen LogP contribution is -2.28. The van der Waals surface area contributed by atoms with E-state index in [0.29, 0.717) is 18.6 Å². The fourth-order valence-electron chi connectivity index (χ4n) is 1.38. The van der Waals surface area contributed by atoms with Gasteiger partial charge in [0, 0.05) is 13.1 Å². The predicted octanol–water partition coefficient (Wildman–Crippen LogP) is 0.265. The monoisotopic (exact) mass is 218 g/mol. The van der Waals surface area contributed by atoms with Crippen LogP contribution in [0.5, 0.6) is 0 Å². The van der Waals surface area contributed by atoms with Crippen LogP contribution in [0.3, 0.4) is 0 Å². The number of anilines is 1. The molecule has 2 radical (unpaired) electrons.